The SMILES string of the molecule is CCOc1c(Cl)cc(OCC)c2c1ccn2C(=O)c1ccccc1. The van der Waals surface area contributed by atoms with Crippen molar-refractivity contribution in [3.8, 4) is 11.5 Å². The Hall–Kier alpha value is -2.46. The van der Waals surface area contributed by atoms with E-state index >= 15 is 0 Å². The Morgan fingerprint density at radius 2 is 1.79 bits per heavy atom. The van der Waals surface area contributed by atoms with E-state index in [0.29, 0.717) is 40.8 Å². The van der Waals surface area contributed by atoms with Gasteiger partial charge in [0.1, 0.15) is 17.0 Å². The summed E-state index contributed by atoms with van der Waals surface area (Å²) < 4.78 is 13.0. The molecule has 1 aromatic heterocycles. The van der Waals surface area contributed by atoms with Gasteiger partial charge in [-0.2, -0.15) is 0 Å². The minimum Gasteiger partial charge on any atom is -0.492 e. The molecule has 4 nitrogen and oxygen atoms in total. The van der Waals surface area contributed by atoms with Crippen LogP contribution in [0, 0.1) is 0 Å². The maximum Gasteiger partial charge on any atom is 0.262 e. The van der Waals surface area contributed by atoms with E-state index in [1.807, 2.05) is 38.1 Å². The van der Waals surface area contributed by atoms with Crippen LogP contribution >= 0.6 is 11.6 Å². The van der Waals surface area contributed by atoms with Crippen molar-refractivity contribution in [2.24, 2.45) is 0 Å². The number of hydrogen-bond acceptors (Lipinski definition) is 3. The lowest BCUT2D eigenvalue weighted by Gasteiger charge is -2.13. The van der Waals surface area contributed by atoms with Crippen LogP contribution in [0.3, 0.4) is 0 Å². The molecule has 0 aliphatic carbocycles. The van der Waals surface area contributed by atoms with Crippen molar-refractivity contribution in [2.75, 3.05) is 13.2 Å². The van der Waals surface area contributed by atoms with Gasteiger partial charge in [-0.25, -0.2) is 0 Å². The summed E-state index contributed by atoms with van der Waals surface area (Å²) in [7, 11) is 0. The van der Waals surface area contributed by atoms with Gasteiger partial charge in [0.25, 0.3) is 5.91 Å². The van der Waals surface area contributed by atoms with Gasteiger partial charge in [-0.3, -0.25) is 9.36 Å². The van der Waals surface area contributed by atoms with E-state index in [1.165, 1.54) is 0 Å². The molecule has 5 heteroatoms. The Kier molecular flexibility index (Phi) is 4.76. The number of carbonyl (C=O) groups excluding carboxylic acids is 1. The van der Waals surface area contributed by atoms with Gasteiger partial charge >= 0.3 is 0 Å². The lowest BCUT2D eigenvalue weighted by atomic mass is 10.2. The van der Waals surface area contributed by atoms with Crippen LogP contribution in [0.25, 0.3) is 10.9 Å². The number of benzene rings is 2. The van der Waals surface area contributed by atoms with Crippen molar-refractivity contribution in [2.45, 2.75) is 13.8 Å². The first-order valence-corrected chi connectivity index (χ1v) is 8.24. The first-order chi connectivity index (χ1) is 11.7. The zero-order chi connectivity index (χ0) is 17.1. The lowest BCUT2D eigenvalue weighted by molar-refractivity contribution is 0.0964. The van der Waals surface area contributed by atoms with Gasteiger partial charge in [0.05, 0.1) is 18.2 Å². The van der Waals surface area contributed by atoms with Crippen molar-refractivity contribution in [1.29, 1.82) is 0 Å². The van der Waals surface area contributed by atoms with E-state index in [4.69, 9.17) is 21.1 Å². The van der Waals surface area contributed by atoms with E-state index in [9.17, 15) is 4.79 Å². The smallest absolute Gasteiger partial charge is 0.262 e. The van der Waals surface area contributed by atoms with Gasteiger partial charge < -0.3 is 9.47 Å². The third-order valence-corrected chi connectivity index (χ3v) is 3.95. The Morgan fingerprint density at radius 1 is 1.08 bits per heavy atom. The van der Waals surface area contributed by atoms with Crippen LogP contribution in [0.4, 0.5) is 0 Å². The van der Waals surface area contributed by atoms with Gasteiger partial charge in [0, 0.05) is 23.2 Å². The van der Waals surface area contributed by atoms with Crippen molar-refractivity contribution in [3.05, 3.63) is 59.2 Å². The molecule has 0 amide bonds. The monoisotopic (exact) mass is 343 g/mol. The van der Waals surface area contributed by atoms with E-state index in [2.05, 4.69) is 0 Å². The molecule has 0 aliphatic rings. The summed E-state index contributed by atoms with van der Waals surface area (Å²) in [6.45, 7) is 4.75. The van der Waals surface area contributed by atoms with Gasteiger partial charge in [0.15, 0.2) is 0 Å². The molecule has 3 rings (SSSR count). The highest BCUT2D eigenvalue weighted by molar-refractivity contribution is 6.33. The van der Waals surface area contributed by atoms with E-state index < -0.39 is 0 Å². The molecule has 3 aromatic rings. The van der Waals surface area contributed by atoms with Crippen LogP contribution in [0.5, 0.6) is 11.5 Å². The number of hydrogen-bond donors (Lipinski definition) is 0. The highest BCUT2D eigenvalue weighted by Gasteiger charge is 2.20. The molecular weight excluding hydrogens is 326 g/mol. The molecule has 0 saturated heterocycles. The first kappa shape index (κ1) is 16.4. The molecule has 0 spiro atoms. The summed E-state index contributed by atoms with van der Waals surface area (Å²) in [4.78, 5) is 12.9. The highest BCUT2D eigenvalue weighted by atomic mass is 35.5. The van der Waals surface area contributed by atoms with Crippen LogP contribution in [-0.2, 0) is 0 Å². The van der Waals surface area contributed by atoms with Gasteiger partial charge in [-0.15, -0.1) is 0 Å². The molecule has 24 heavy (non-hydrogen) atoms. The Balaban J connectivity index is 2.22. The van der Waals surface area contributed by atoms with E-state index in [0.717, 1.165) is 5.39 Å². The summed E-state index contributed by atoms with van der Waals surface area (Å²) in [6, 6.07) is 12.7. The van der Waals surface area contributed by atoms with E-state index in [-0.39, 0.29) is 5.91 Å². The minimum atomic E-state index is -0.128. The topological polar surface area (TPSA) is 40.5 Å². The molecule has 124 valence electrons. The van der Waals surface area contributed by atoms with Gasteiger partial charge in [-0.1, -0.05) is 29.8 Å². The third kappa shape index (κ3) is 2.85. The minimum absolute atomic E-state index is 0.128. The maximum atomic E-state index is 12.9. The predicted octanol–water partition coefficient (Wildman–Crippen LogP) is 4.78. The molecule has 0 bridgehead atoms. The summed E-state index contributed by atoms with van der Waals surface area (Å²) >= 11 is 6.33. The summed E-state index contributed by atoms with van der Waals surface area (Å²) in [6.07, 6.45) is 1.72. The molecule has 2 aromatic carbocycles. The normalized spacial score (nSPS) is 10.8. The first-order valence-electron chi connectivity index (χ1n) is 7.86. The molecule has 0 radical (unpaired) electrons. The highest BCUT2D eigenvalue weighted by Crippen LogP contribution is 2.40. The van der Waals surface area contributed by atoms with Crippen LogP contribution < -0.4 is 9.47 Å². The summed E-state index contributed by atoms with van der Waals surface area (Å²) in [5.74, 6) is 1.00. The lowest BCUT2D eigenvalue weighted by Crippen LogP contribution is -2.11. The van der Waals surface area contributed by atoms with Crippen LogP contribution in [0.1, 0.15) is 24.2 Å². The number of fused-ring (bicyclic) bond motifs is 1. The fourth-order valence-electron chi connectivity index (χ4n) is 2.69. The Labute approximate surface area is 145 Å². The fourth-order valence-corrected chi connectivity index (χ4v) is 2.95. The molecule has 0 fully saturated rings. The average molecular weight is 344 g/mol. The van der Waals surface area contributed by atoms with Crippen LogP contribution in [-0.4, -0.2) is 23.7 Å². The number of aromatic nitrogens is 1. The standard InChI is InChI=1S/C19H18ClNO3/c1-3-23-16-12-15(20)18(24-4-2)14-10-11-21(17(14)16)19(22)13-8-6-5-7-9-13/h5-12H,3-4H2,1-2H3. The quantitative estimate of drug-likeness (QED) is 0.669. The summed E-state index contributed by atoms with van der Waals surface area (Å²) in [5, 5.41) is 1.23. The number of rotatable bonds is 5. The Morgan fingerprint density at radius 3 is 2.46 bits per heavy atom. The number of halogens is 1. The molecule has 1 heterocycles. The van der Waals surface area contributed by atoms with E-state index in [1.54, 1.807) is 29.0 Å². The molecule has 0 N–H and O–H groups in total. The average Bonchev–Trinajstić information content (AvgIpc) is 3.04. The summed E-state index contributed by atoms with van der Waals surface area (Å²) in [5.41, 5.74) is 1.27. The van der Waals surface area contributed by atoms with Crippen LogP contribution in [0.2, 0.25) is 5.02 Å². The molecule has 0 atom stereocenters. The van der Waals surface area contributed by atoms with Crippen molar-refractivity contribution < 1.29 is 14.3 Å². The second-order valence-corrected chi connectivity index (χ2v) is 5.58. The third-order valence-electron chi connectivity index (χ3n) is 3.67. The molecule has 0 saturated carbocycles. The fraction of sp³-hybridized carbons (Fsp3) is 0.211. The molecular formula is C19H18ClNO3. The largest absolute Gasteiger partial charge is 0.492 e. The number of nitrogens with zero attached hydrogens (tertiary/aromatic N) is 1. The number of carbonyl (C=O) groups is 1. The molecule has 0 unspecified atom stereocenters. The molecule has 0 aliphatic heterocycles. The second-order valence-electron chi connectivity index (χ2n) is 5.17. The van der Waals surface area contributed by atoms with Gasteiger partial charge in [-0.05, 0) is 32.0 Å². The van der Waals surface area contributed by atoms with Crippen molar-refractivity contribution in [3.63, 3.8) is 0 Å². The zero-order valence-corrected chi connectivity index (χ0v) is 14.3. The van der Waals surface area contributed by atoms with Crippen molar-refractivity contribution in [1.82, 2.24) is 4.57 Å². The van der Waals surface area contributed by atoms with Gasteiger partial charge in [0.2, 0.25) is 0 Å². The van der Waals surface area contributed by atoms with Crippen LogP contribution in [0.15, 0.2) is 48.7 Å². The van der Waals surface area contributed by atoms with Crippen molar-refractivity contribution >= 4 is 28.4 Å². The zero-order valence-electron chi connectivity index (χ0n) is 13.6. The number of ether oxygens (including phenoxy) is 2. The maximum absolute atomic E-state index is 12.9. The predicted molar refractivity (Wildman–Crippen MR) is 95.5 cm³/mol. The second kappa shape index (κ2) is 6.97. The Bertz CT molecular complexity index is 871.